The van der Waals surface area contributed by atoms with Crippen LogP contribution in [0.4, 0.5) is 4.39 Å². The lowest BCUT2D eigenvalue weighted by atomic mass is 10.1. The van der Waals surface area contributed by atoms with Crippen molar-refractivity contribution >= 4 is 34.1 Å². The maximum absolute atomic E-state index is 12.9. The summed E-state index contributed by atoms with van der Waals surface area (Å²) < 4.78 is 37.7. The molecule has 0 bridgehead atoms. The normalized spacial score (nSPS) is 20.2. The molecule has 6 heteroatoms. The molecule has 0 aliphatic heterocycles. The predicted molar refractivity (Wildman–Crippen MR) is 78.7 cm³/mol. The van der Waals surface area contributed by atoms with Gasteiger partial charge in [-0.2, -0.15) is 0 Å². The fourth-order valence-electron chi connectivity index (χ4n) is 2.15. The lowest BCUT2D eigenvalue weighted by molar-refractivity contribution is 0.575. The van der Waals surface area contributed by atoms with Crippen molar-refractivity contribution in [3.63, 3.8) is 0 Å². The van der Waals surface area contributed by atoms with E-state index in [0.717, 1.165) is 18.9 Å². The molecule has 104 valence electrons. The minimum absolute atomic E-state index is 0.143. The second-order valence-electron chi connectivity index (χ2n) is 4.59. The lowest BCUT2D eigenvalue weighted by Gasteiger charge is -2.21. The van der Waals surface area contributed by atoms with E-state index in [1.807, 2.05) is 6.08 Å². The van der Waals surface area contributed by atoms with Gasteiger partial charge in [0.2, 0.25) is 0 Å². The van der Waals surface area contributed by atoms with Crippen molar-refractivity contribution in [3.05, 3.63) is 45.6 Å². The minimum atomic E-state index is -3.37. The van der Waals surface area contributed by atoms with Gasteiger partial charge in [-0.05, 0) is 41.9 Å². The Morgan fingerprint density at radius 3 is 2.79 bits per heavy atom. The molecular weight excluding hydrogens is 307 g/mol. The monoisotopic (exact) mass is 320 g/mol. The Labute approximate surface area is 123 Å². The molecule has 1 aromatic carbocycles. The highest BCUT2D eigenvalue weighted by Crippen LogP contribution is 2.30. The predicted octanol–water partition coefficient (Wildman–Crippen LogP) is 3.76. The van der Waals surface area contributed by atoms with Crippen LogP contribution >= 0.6 is 24.2 Å². The van der Waals surface area contributed by atoms with E-state index in [-0.39, 0.29) is 10.8 Å². The Morgan fingerprint density at radius 2 is 2.16 bits per heavy atom. The molecule has 0 fully saturated rings. The maximum atomic E-state index is 12.9. The second-order valence-corrected chi connectivity index (χ2v) is 7.70. The summed E-state index contributed by atoms with van der Waals surface area (Å²) in [5.41, 5.74) is 0.426. The molecular formula is C13H14ClFO2S2. The third-order valence-electron chi connectivity index (χ3n) is 3.16. The number of sulfone groups is 1. The molecule has 0 spiro atoms. The van der Waals surface area contributed by atoms with E-state index in [0.29, 0.717) is 16.9 Å². The zero-order valence-corrected chi connectivity index (χ0v) is 12.6. The molecule has 0 radical (unpaired) electrons. The van der Waals surface area contributed by atoms with Gasteiger partial charge < -0.3 is 0 Å². The molecule has 0 aromatic heterocycles. The van der Waals surface area contributed by atoms with Crippen LogP contribution in [-0.2, 0) is 15.6 Å². The van der Waals surface area contributed by atoms with E-state index in [1.165, 1.54) is 12.1 Å². The number of allylic oxidation sites excluding steroid dienone is 1. The first kappa shape index (κ1) is 14.9. The van der Waals surface area contributed by atoms with Gasteiger partial charge in [0.1, 0.15) is 5.82 Å². The molecule has 0 saturated heterocycles. The van der Waals surface area contributed by atoms with Crippen molar-refractivity contribution in [2.24, 2.45) is 0 Å². The number of thiol groups is 1. The highest BCUT2D eigenvalue weighted by Gasteiger charge is 2.29. The molecule has 19 heavy (non-hydrogen) atoms. The Bertz CT molecular complexity index is 611. The second kappa shape index (κ2) is 5.85. The van der Waals surface area contributed by atoms with Crippen LogP contribution in [0.1, 0.15) is 24.8 Å². The van der Waals surface area contributed by atoms with E-state index >= 15 is 0 Å². The SMILES string of the molecule is O=S(=O)(Cc1ccc(F)cc1Cl)[C@@H]1CCCC=C1S. The average Bonchev–Trinajstić information content (AvgIpc) is 2.33. The average molecular weight is 321 g/mol. The Balaban J connectivity index is 2.26. The van der Waals surface area contributed by atoms with Crippen LogP contribution in [0.2, 0.25) is 5.02 Å². The van der Waals surface area contributed by atoms with Crippen LogP contribution in [0.3, 0.4) is 0 Å². The summed E-state index contributed by atoms with van der Waals surface area (Å²) in [6, 6.07) is 3.76. The lowest BCUT2D eigenvalue weighted by Crippen LogP contribution is -2.25. The van der Waals surface area contributed by atoms with Crippen LogP contribution < -0.4 is 0 Å². The molecule has 0 N–H and O–H groups in total. The summed E-state index contributed by atoms with van der Waals surface area (Å²) in [5, 5.41) is -0.421. The van der Waals surface area contributed by atoms with Crippen molar-refractivity contribution in [1.29, 1.82) is 0 Å². The summed E-state index contributed by atoms with van der Waals surface area (Å²) >= 11 is 10.1. The van der Waals surface area contributed by atoms with Gasteiger partial charge in [0.25, 0.3) is 0 Å². The zero-order valence-electron chi connectivity index (χ0n) is 10.1. The molecule has 0 amide bonds. The first-order chi connectivity index (χ1) is 8.90. The first-order valence-corrected chi connectivity index (χ1v) is 8.49. The summed E-state index contributed by atoms with van der Waals surface area (Å²) in [4.78, 5) is 0.601. The number of rotatable bonds is 3. The quantitative estimate of drug-likeness (QED) is 0.860. The van der Waals surface area contributed by atoms with Gasteiger partial charge in [0, 0.05) is 5.02 Å². The van der Waals surface area contributed by atoms with E-state index in [9.17, 15) is 12.8 Å². The molecule has 2 rings (SSSR count). The van der Waals surface area contributed by atoms with Crippen LogP contribution in [0.25, 0.3) is 0 Å². The minimum Gasteiger partial charge on any atom is -0.228 e. The van der Waals surface area contributed by atoms with Gasteiger partial charge in [0.05, 0.1) is 11.0 Å². The van der Waals surface area contributed by atoms with Crippen LogP contribution in [0, 0.1) is 5.82 Å². The van der Waals surface area contributed by atoms with Gasteiger partial charge in [-0.25, -0.2) is 12.8 Å². The molecule has 0 saturated carbocycles. The Morgan fingerprint density at radius 1 is 1.42 bits per heavy atom. The van der Waals surface area contributed by atoms with E-state index in [4.69, 9.17) is 11.6 Å². The van der Waals surface area contributed by atoms with Gasteiger partial charge in [0.15, 0.2) is 9.84 Å². The topological polar surface area (TPSA) is 34.1 Å². The van der Waals surface area contributed by atoms with Crippen molar-refractivity contribution in [2.45, 2.75) is 30.3 Å². The van der Waals surface area contributed by atoms with Crippen LogP contribution in [0.15, 0.2) is 29.2 Å². The van der Waals surface area contributed by atoms with Crippen molar-refractivity contribution in [1.82, 2.24) is 0 Å². The fraction of sp³-hybridized carbons (Fsp3) is 0.385. The molecule has 1 aliphatic carbocycles. The highest BCUT2D eigenvalue weighted by molar-refractivity contribution is 7.93. The molecule has 0 heterocycles. The van der Waals surface area contributed by atoms with E-state index in [1.54, 1.807) is 0 Å². The smallest absolute Gasteiger partial charge is 0.161 e. The Kier molecular flexibility index (Phi) is 4.58. The summed E-state index contributed by atoms with van der Waals surface area (Å²) in [5.74, 6) is -0.659. The third-order valence-corrected chi connectivity index (χ3v) is 6.25. The molecule has 2 nitrogen and oxygen atoms in total. The standard InChI is InChI=1S/C13H14ClFO2S2/c14-11-7-10(15)6-5-9(11)8-19(16,17)13-4-2-1-3-12(13)18/h3,5-7,13,18H,1-2,4,8H2/t13-/m1/s1. The van der Waals surface area contributed by atoms with Gasteiger partial charge in [-0.1, -0.05) is 23.7 Å². The van der Waals surface area contributed by atoms with E-state index in [2.05, 4.69) is 12.6 Å². The summed E-state index contributed by atoms with van der Waals surface area (Å²) in [7, 11) is -3.37. The highest BCUT2D eigenvalue weighted by atomic mass is 35.5. The largest absolute Gasteiger partial charge is 0.228 e. The van der Waals surface area contributed by atoms with Gasteiger partial charge in [-0.15, -0.1) is 12.6 Å². The van der Waals surface area contributed by atoms with Crippen molar-refractivity contribution in [2.75, 3.05) is 0 Å². The third kappa shape index (κ3) is 3.52. The first-order valence-electron chi connectivity index (χ1n) is 5.94. The van der Waals surface area contributed by atoms with Crippen LogP contribution in [-0.4, -0.2) is 13.7 Å². The van der Waals surface area contributed by atoms with Crippen molar-refractivity contribution in [3.8, 4) is 0 Å². The van der Waals surface area contributed by atoms with Crippen LogP contribution in [0.5, 0.6) is 0 Å². The summed E-state index contributed by atoms with van der Waals surface area (Å²) in [6.45, 7) is 0. The number of hydrogen-bond donors (Lipinski definition) is 1. The van der Waals surface area contributed by atoms with Crippen molar-refractivity contribution < 1.29 is 12.8 Å². The molecule has 1 aliphatic rings. The molecule has 0 unspecified atom stereocenters. The zero-order chi connectivity index (χ0) is 14.0. The number of halogens is 2. The fourth-order valence-corrected chi connectivity index (χ4v) is 5.08. The Hall–Kier alpha value is -0.520. The number of hydrogen-bond acceptors (Lipinski definition) is 3. The molecule has 1 atom stereocenters. The van der Waals surface area contributed by atoms with Gasteiger partial charge in [-0.3, -0.25) is 0 Å². The van der Waals surface area contributed by atoms with Gasteiger partial charge >= 0.3 is 0 Å². The summed E-state index contributed by atoms with van der Waals surface area (Å²) in [6.07, 6.45) is 4.13. The molecule has 1 aromatic rings. The maximum Gasteiger partial charge on any atom is 0.161 e. The number of benzene rings is 1. The van der Waals surface area contributed by atoms with E-state index < -0.39 is 20.9 Å².